The van der Waals surface area contributed by atoms with Gasteiger partial charge in [-0.15, -0.1) is 0 Å². The number of nitrogens with one attached hydrogen (secondary N) is 1. The number of carbonyl (C=O) groups is 1. The predicted octanol–water partition coefficient (Wildman–Crippen LogP) is 3.85. The lowest BCUT2D eigenvalue weighted by molar-refractivity contribution is -0.118. The molecule has 1 aromatic carbocycles. The highest BCUT2D eigenvalue weighted by atomic mass is 32.2. The summed E-state index contributed by atoms with van der Waals surface area (Å²) in [4.78, 5) is 16.2. The molecular formula is C19H23N3O2S. The molecule has 1 amide bonds. The molecule has 0 bridgehead atoms. The number of fused-ring (bicyclic) bond motifs is 1. The lowest BCUT2D eigenvalue weighted by Gasteiger charge is -2.09. The summed E-state index contributed by atoms with van der Waals surface area (Å²) in [5, 5.41) is 4.78. The summed E-state index contributed by atoms with van der Waals surface area (Å²) in [6, 6.07) is 10.6. The molecule has 0 unspecified atom stereocenters. The van der Waals surface area contributed by atoms with Crippen LogP contribution in [0.15, 0.2) is 40.0 Å². The molecule has 25 heavy (non-hydrogen) atoms. The van der Waals surface area contributed by atoms with Gasteiger partial charge in [-0.1, -0.05) is 30.0 Å². The van der Waals surface area contributed by atoms with E-state index < -0.39 is 0 Å². The largest absolute Gasteiger partial charge is 0.437 e. The zero-order valence-corrected chi connectivity index (χ0v) is 15.7. The molecule has 6 heteroatoms. The molecule has 0 spiro atoms. The van der Waals surface area contributed by atoms with Crippen molar-refractivity contribution in [3.63, 3.8) is 0 Å². The number of rotatable bonds is 7. The molecule has 132 valence electrons. The van der Waals surface area contributed by atoms with Crippen LogP contribution in [0, 0.1) is 20.8 Å². The van der Waals surface area contributed by atoms with Crippen LogP contribution in [0.5, 0.6) is 0 Å². The molecule has 3 aromatic rings. The Hall–Kier alpha value is -2.21. The molecule has 0 fully saturated rings. The second-order valence-corrected chi connectivity index (χ2v) is 7.04. The van der Waals surface area contributed by atoms with E-state index in [4.69, 9.17) is 4.42 Å². The molecule has 0 atom stereocenters. The molecule has 0 aliphatic carbocycles. The standard InChI is InChI=1S/C19H23N3O2S/c1-13-11-16-7-4-5-8-17(16)22(13)10-6-9-20-18(23)12-25-19-21-14(2)15(3)24-19/h4-5,7-8,11H,6,9-10,12H2,1-3H3,(H,20,23). The molecular weight excluding hydrogens is 334 g/mol. The number of para-hydroxylation sites is 1. The average Bonchev–Trinajstić information content (AvgIpc) is 3.08. The van der Waals surface area contributed by atoms with Gasteiger partial charge < -0.3 is 14.3 Å². The lowest BCUT2D eigenvalue weighted by Crippen LogP contribution is -2.26. The van der Waals surface area contributed by atoms with Gasteiger partial charge in [-0.3, -0.25) is 4.79 Å². The minimum atomic E-state index is 0.00703. The van der Waals surface area contributed by atoms with Crippen LogP contribution < -0.4 is 5.32 Å². The Morgan fingerprint density at radius 3 is 2.84 bits per heavy atom. The second kappa shape index (κ2) is 7.78. The van der Waals surface area contributed by atoms with Gasteiger partial charge in [0.15, 0.2) is 0 Å². The Kier molecular flexibility index (Phi) is 5.48. The predicted molar refractivity (Wildman–Crippen MR) is 101 cm³/mol. The fourth-order valence-corrected chi connectivity index (χ4v) is 3.54. The zero-order valence-electron chi connectivity index (χ0n) is 14.8. The van der Waals surface area contributed by atoms with Gasteiger partial charge in [0, 0.05) is 24.3 Å². The van der Waals surface area contributed by atoms with Crippen molar-refractivity contribution in [2.45, 2.75) is 39.0 Å². The summed E-state index contributed by atoms with van der Waals surface area (Å²) in [5.74, 6) is 1.13. The smallest absolute Gasteiger partial charge is 0.256 e. The first-order valence-corrected chi connectivity index (χ1v) is 9.41. The highest BCUT2D eigenvalue weighted by molar-refractivity contribution is 7.99. The van der Waals surface area contributed by atoms with Crippen molar-refractivity contribution in [1.29, 1.82) is 0 Å². The van der Waals surface area contributed by atoms with Gasteiger partial charge in [0.25, 0.3) is 5.22 Å². The fraction of sp³-hybridized carbons (Fsp3) is 0.368. The van der Waals surface area contributed by atoms with E-state index in [1.807, 2.05) is 13.8 Å². The van der Waals surface area contributed by atoms with Crippen LogP contribution in [-0.4, -0.2) is 27.8 Å². The first kappa shape index (κ1) is 17.6. The summed E-state index contributed by atoms with van der Waals surface area (Å²) in [6.07, 6.45) is 0.896. The first-order valence-electron chi connectivity index (χ1n) is 8.43. The van der Waals surface area contributed by atoms with Crippen LogP contribution >= 0.6 is 11.8 Å². The lowest BCUT2D eigenvalue weighted by atomic mass is 10.2. The number of aromatic nitrogens is 2. The number of nitrogens with zero attached hydrogens (tertiary/aromatic N) is 2. The third-order valence-corrected chi connectivity index (χ3v) is 5.06. The Morgan fingerprint density at radius 1 is 1.28 bits per heavy atom. The summed E-state index contributed by atoms with van der Waals surface area (Å²) in [7, 11) is 0. The zero-order chi connectivity index (χ0) is 17.8. The van der Waals surface area contributed by atoms with E-state index >= 15 is 0 Å². The van der Waals surface area contributed by atoms with Crippen LogP contribution in [0.1, 0.15) is 23.6 Å². The van der Waals surface area contributed by atoms with Gasteiger partial charge in [0.2, 0.25) is 5.91 Å². The van der Waals surface area contributed by atoms with Crippen LogP contribution in [0.3, 0.4) is 0 Å². The number of hydrogen-bond acceptors (Lipinski definition) is 4. The SMILES string of the molecule is Cc1nc(SCC(=O)NCCCn2c(C)cc3ccccc32)oc1C. The van der Waals surface area contributed by atoms with Gasteiger partial charge in [0.1, 0.15) is 5.76 Å². The number of hydrogen-bond donors (Lipinski definition) is 1. The second-order valence-electron chi connectivity index (χ2n) is 6.11. The van der Waals surface area contributed by atoms with Crippen molar-refractivity contribution < 1.29 is 9.21 Å². The van der Waals surface area contributed by atoms with Crippen molar-refractivity contribution in [1.82, 2.24) is 14.9 Å². The van der Waals surface area contributed by atoms with E-state index in [0.717, 1.165) is 24.4 Å². The number of oxazole rings is 1. The first-order chi connectivity index (χ1) is 12.0. The summed E-state index contributed by atoms with van der Waals surface area (Å²) < 4.78 is 7.76. The Bertz CT molecular complexity index is 863. The van der Waals surface area contributed by atoms with Crippen LogP contribution in [0.4, 0.5) is 0 Å². The van der Waals surface area contributed by atoms with Crippen LogP contribution in [-0.2, 0) is 11.3 Å². The van der Waals surface area contributed by atoms with E-state index in [1.54, 1.807) is 0 Å². The maximum atomic E-state index is 11.9. The minimum absolute atomic E-state index is 0.00703. The maximum absolute atomic E-state index is 11.9. The quantitative estimate of drug-likeness (QED) is 0.515. The average molecular weight is 357 g/mol. The van der Waals surface area contributed by atoms with E-state index in [9.17, 15) is 4.79 Å². The monoisotopic (exact) mass is 357 g/mol. The minimum Gasteiger partial charge on any atom is -0.437 e. The molecule has 0 radical (unpaired) electrons. The van der Waals surface area contributed by atoms with Gasteiger partial charge in [-0.25, -0.2) is 4.98 Å². The molecule has 5 nitrogen and oxygen atoms in total. The van der Waals surface area contributed by atoms with Gasteiger partial charge in [-0.2, -0.15) is 0 Å². The number of aryl methyl sites for hydroxylation is 4. The molecule has 1 N–H and O–H groups in total. The van der Waals surface area contributed by atoms with Crippen molar-refractivity contribution >= 4 is 28.6 Å². The molecule has 0 saturated carbocycles. The summed E-state index contributed by atoms with van der Waals surface area (Å²) >= 11 is 1.33. The van der Waals surface area contributed by atoms with E-state index in [2.05, 4.69) is 52.1 Å². The summed E-state index contributed by atoms with van der Waals surface area (Å²) in [6.45, 7) is 7.45. The number of thioether (sulfide) groups is 1. The fourth-order valence-electron chi connectivity index (χ4n) is 2.79. The van der Waals surface area contributed by atoms with Crippen LogP contribution in [0.25, 0.3) is 10.9 Å². The van der Waals surface area contributed by atoms with Gasteiger partial charge in [0.05, 0.1) is 11.4 Å². The van der Waals surface area contributed by atoms with Crippen molar-refractivity contribution in [3.8, 4) is 0 Å². The molecule has 0 saturated heterocycles. The van der Waals surface area contributed by atoms with Crippen molar-refractivity contribution in [2.24, 2.45) is 0 Å². The normalized spacial score (nSPS) is 11.2. The van der Waals surface area contributed by atoms with Gasteiger partial charge in [-0.05, 0) is 44.7 Å². The third-order valence-electron chi connectivity index (χ3n) is 4.23. The maximum Gasteiger partial charge on any atom is 0.256 e. The topological polar surface area (TPSA) is 60.1 Å². The Labute approximate surface area is 151 Å². The van der Waals surface area contributed by atoms with E-state index in [-0.39, 0.29) is 5.91 Å². The van der Waals surface area contributed by atoms with E-state index in [0.29, 0.717) is 17.5 Å². The highest BCUT2D eigenvalue weighted by Crippen LogP contribution is 2.20. The number of amides is 1. The molecule has 0 aliphatic rings. The highest BCUT2D eigenvalue weighted by Gasteiger charge is 2.09. The number of benzene rings is 1. The van der Waals surface area contributed by atoms with Crippen molar-refractivity contribution in [3.05, 3.63) is 47.5 Å². The summed E-state index contributed by atoms with van der Waals surface area (Å²) in [5.41, 5.74) is 3.37. The van der Waals surface area contributed by atoms with Gasteiger partial charge >= 0.3 is 0 Å². The molecule has 0 aliphatic heterocycles. The Balaban J connectivity index is 1.43. The number of carbonyl (C=O) groups excluding carboxylic acids is 1. The molecule has 2 aromatic heterocycles. The Morgan fingerprint density at radius 2 is 2.08 bits per heavy atom. The van der Waals surface area contributed by atoms with Crippen LogP contribution in [0.2, 0.25) is 0 Å². The molecule has 2 heterocycles. The molecule has 3 rings (SSSR count). The third kappa shape index (κ3) is 4.25. The van der Waals surface area contributed by atoms with Crippen molar-refractivity contribution in [2.75, 3.05) is 12.3 Å². The van der Waals surface area contributed by atoms with E-state index in [1.165, 1.54) is 28.4 Å².